The van der Waals surface area contributed by atoms with E-state index in [2.05, 4.69) is 130 Å². The molecule has 8 aromatic carbocycles. The number of hydrogen-bond donors (Lipinski definition) is 0. The van der Waals surface area contributed by atoms with Crippen LogP contribution in [0.15, 0.2) is 192 Å². The van der Waals surface area contributed by atoms with Crippen molar-refractivity contribution in [3.05, 3.63) is 188 Å². The van der Waals surface area contributed by atoms with E-state index in [1.165, 1.54) is 27.1 Å². The van der Waals surface area contributed by atoms with Crippen molar-refractivity contribution < 1.29 is 4.42 Å². The molecule has 0 bridgehead atoms. The molecule has 0 saturated carbocycles. The maximum Gasteiger partial charge on any atom is 0.167 e. The van der Waals surface area contributed by atoms with E-state index in [1.807, 2.05) is 66.7 Å². The van der Waals surface area contributed by atoms with Crippen LogP contribution < -0.4 is 0 Å². The van der Waals surface area contributed by atoms with Gasteiger partial charge in [0.2, 0.25) is 0 Å². The zero-order chi connectivity index (χ0) is 37.5. The topological polar surface area (TPSA) is 61.7 Å². The molecule has 4 heterocycles. The first kappa shape index (κ1) is 31.5. The van der Waals surface area contributed by atoms with Gasteiger partial charge in [0.1, 0.15) is 11.2 Å². The summed E-state index contributed by atoms with van der Waals surface area (Å²) in [7, 11) is 0. The second-order valence-corrected chi connectivity index (χ2v) is 14.4. The number of aromatic nitrogens is 5. The molecule has 12 rings (SSSR count). The molecule has 0 fully saturated rings. The number of nitrogens with zero attached hydrogens (tertiary/aromatic N) is 5. The summed E-state index contributed by atoms with van der Waals surface area (Å²) in [5.74, 6) is 1.77. The maximum atomic E-state index is 6.90. The largest absolute Gasteiger partial charge is 0.455 e. The van der Waals surface area contributed by atoms with E-state index in [4.69, 9.17) is 19.4 Å². The van der Waals surface area contributed by atoms with E-state index in [0.717, 1.165) is 66.6 Å². The number of benzene rings is 8. The molecule has 0 aliphatic heterocycles. The summed E-state index contributed by atoms with van der Waals surface area (Å²) in [6.07, 6.45) is 0. The molecular weight excluding hydrogens is 699 g/mol. The minimum atomic E-state index is 0.555. The van der Waals surface area contributed by atoms with Gasteiger partial charge in [0.15, 0.2) is 17.5 Å². The van der Waals surface area contributed by atoms with Gasteiger partial charge < -0.3 is 13.6 Å². The van der Waals surface area contributed by atoms with Crippen LogP contribution in [0.1, 0.15) is 0 Å². The third-order valence-corrected chi connectivity index (χ3v) is 11.2. The Morgan fingerprint density at radius 2 is 0.877 bits per heavy atom. The molecule has 12 aromatic rings. The first-order valence-corrected chi connectivity index (χ1v) is 19.1. The molecular formula is C51H31N5O. The molecule has 266 valence electrons. The van der Waals surface area contributed by atoms with E-state index >= 15 is 0 Å². The van der Waals surface area contributed by atoms with Crippen molar-refractivity contribution in [3.8, 4) is 45.5 Å². The molecule has 0 N–H and O–H groups in total. The van der Waals surface area contributed by atoms with E-state index in [9.17, 15) is 0 Å². The maximum absolute atomic E-state index is 6.90. The Kier molecular flexibility index (Phi) is 6.83. The van der Waals surface area contributed by atoms with Crippen LogP contribution in [-0.4, -0.2) is 24.1 Å². The summed E-state index contributed by atoms with van der Waals surface area (Å²) >= 11 is 0. The predicted molar refractivity (Wildman–Crippen MR) is 232 cm³/mol. The predicted octanol–water partition coefficient (Wildman–Crippen LogP) is 13.0. The number of fused-ring (bicyclic) bond motifs is 10. The van der Waals surface area contributed by atoms with Crippen molar-refractivity contribution in [2.75, 3.05) is 0 Å². The van der Waals surface area contributed by atoms with Crippen LogP contribution >= 0.6 is 0 Å². The van der Waals surface area contributed by atoms with Gasteiger partial charge in [-0.1, -0.05) is 146 Å². The van der Waals surface area contributed by atoms with Crippen molar-refractivity contribution >= 4 is 65.6 Å². The lowest BCUT2D eigenvalue weighted by Gasteiger charge is -2.13. The van der Waals surface area contributed by atoms with Gasteiger partial charge in [-0.05, 0) is 42.5 Å². The third-order valence-electron chi connectivity index (χ3n) is 11.2. The third kappa shape index (κ3) is 4.74. The number of rotatable bonds is 5. The van der Waals surface area contributed by atoms with Crippen molar-refractivity contribution in [1.29, 1.82) is 0 Å². The molecule has 0 amide bonds. The normalized spacial score (nSPS) is 11.9. The van der Waals surface area contributed by atoms with Gasteiger partial charge >= 0.3 is 0 Å². The van der Waals surface area contributed by atoms with Gasteiger partial charge in [0, 0.05) is 43.7 Å². The number of para-hydroxylation sites is 4. The summed E-state index contributed by atoms with van der Waals surface area (Å²) in [4.78, 5) is 15.1. The average molecular weight is 730 g/mol. The molecule has 0 radical (unpaired) electrons. The van der Waals surface area contributed by atoms with Crippen LogP contribution in [0.5, 0.6) is 0 Å². The van der Waals surface area contributed by atoms with Gasteiger partial charge in [-0.15, -0.1) is 0 Å². The summed E-state index contributed by atoms with van der Waals surface area (Å²) in [5, 5.41) is 6.82. The lowest BCUT2D eigenvalue weighted by molar-refractivity contribution is 0.669. The van der Waals surface area contributed by atoms with E-state index in [1.54, 1.807) is 0 Å². The molecule has 6 nitrogen and oxygen atoms in total. The standard InChI is InChI=1S/C51H31N5O/c1-4-16-32(17-5-1)49-52-50(33-18-6-2-7-19-33)54-51(53-49)40-25-14-24-39-45-43(28-15-29-44(45)57-48(39)40)56-42-27-13-11-23-36(42)38-31-30-37-35-22-10-12-26-41(35)55(46(37)47(38)56)34-20-8-3-9-21-34/h1-31H. The van der Waals surface area contributed by atoms with Crippen molar-refractivity contribution in [2.24, 2.45) is 0 Å². The van der Waals surface area contributed by atoms with Crippen LogP contribution in [0, 0.1) is 0 Å². The van der Waals surface area contributed by atoms with E-state index < -0.39 is 0 Å². The minimum absolute atomic E-state index is 0.555. The zero-order valence-electron chi connectivity index (χ0n) is 30.5. The Bertz CT molecular complexity index is 3450. The first-order valence-electron chi connectivity index (χ1n) is 19.1. The van der Waals surface area contributed by atoms with Crippen LogP contribution in [0.25, 0.3) is 111 Å². The van der Waals surface area contributed by atoms with Gasteiger partial charge in [0.25, 0.3) is 0 Å². The smallest absolute Gasteiger partial charge is 0.167 e. The zero-order valence-corrected chi connectivity index (χ0v) is 30.5. The average Bonchev–Trinajstić information content (AvgIpc) is 3.95. The first-order chi connectivity index (χ1) is 28.3. The van der Waals surface area contributed by atoms with Crippen molar-refractivity contribution in [1.82, 2.24) is 24.1 Å². The molecule has 0 spiro atoms. The van der Waals surface area contributed by atoms with Gasteiger partial charge in [-0.3, -0.25) is 0 Å². The lowest BCUT2D eigenvalue weighted by atomic mass is 10.1. The molecule has 0 saturated heterocycles. The molecule has 0 aliphatic rings. The summed E-state index contributed by atoms with van der Waals surface area (Å²) in [5.41, 5.74) is 10.9. The second-order valence-electron chi connectivity index (χ2n) is 14.4. The van der Waals surface area contributed by atoms with E-state index in [-0.39, 0.29) is 0 Å². The van der Waals surface area contributed by atoms with Gasteiger partial charge in [0.05, 0.1) is 38.7 Å². The Hall–Kier alpha value is -7.83. The lowest BCUT2D eigenvalue weighted by Crippen LogP contribution is -2.00. The monoisotopic (exact) mass is 729 g/mol. The van der Waals surface area contributed by atoms with Gasteiger partial charge in [-0.25, -0.2) is 15.0 Å². The molecule has 0 aliphatic carbocycles. The van der Waals surface area contributed by atoms with E-state index in [0.29, 0.717) is 17.5 Å². The molecule has 57 heavy (non-hydrogen) atoms. The van der Waals surface area contributed by atoms with Gasteiger partial charge in [-0.2, -0.15) is 0 Å². The summed E-state index contributed by atoms with van der Waals surface area (Å²) in [6, 6.07) is 65.5. The number of hydrogen-bond acceptors (Lipinski definition) is 4. The summed E-state index contributed by atoms with van der Waals surface area (Å²) < 4.78 is 11.8. The Balaban J connectivity index is 1.17. The minimum Gasteiger partial charge on any atom is -0.455 e. The SMILES string of the molecule is c1ccc(-c2nc(-c3ccccc3)nc(-c3cccc4c3oc3cccc(-n5c6ccccc6c6ccc7c8ccccc8n(-c8ccccc8)c7c65)c34)n2)cc1. The molecule has 6 heteroatoms. The fraction of sp³-hybridized carbons (Fsp3) is 0. The van der Waals surface area contributed by atoms with Crippen LogP contribution in [0.2, 0.25) is 0 Å². The van der Waals surface area contributed by atoms with Crippen LogP contribution in [0.4, 0.5) is 0 Å². The highest BCUT2D eigenvalue weighted by atomic mass is 16.3. The molecule has 4 aromatic heterocycles. The highest BCUT2D eigenvalue weighted by Gasteiger charge is 2.24. The Morgan fingerprint density at radius 1 is 0.368 bits per heavy atom. The highest BCUT2D eigenvalue weighted by molar-refractivity contribution is 6.25. The summed E-state index contributed by atoms with van der Waals surface area (Å²) in [6.45, 7) is 0. The quantitative estimate of drug-likeness (QED) is 0.177. The number of furan rings is 1. The Labute approximate surface area is 326 Å². The van der Waals surface area contributed by atoms with Crippen molar-refractivity contribution in [3.63, 3.8) is 0 Å². The molecule has 0 unspecified atom stereocenters. The van der Waals surface area contributed by atoms with Crippen molar-refractivity contribution in [2.45, 2.75) is 0 Å². The second kappa shape index (κ2) is 12.3. The highest BCUT2D eigenvalue weighted by Crippen LogP contribution is 2.45. The fourth-order valence-corrected chi connectivity index (χ4v) is 8.72. The molecule has 0 atom stereocenters. The van der Waals surface area contributed by atoms with Crippen LogP contribution in [0.3, 0.4) is 0 Å². The van der Waals surface area contributed by atoms with Crippen LogP contribution in [-0.2, 0) is 0 Å². The fourth-order valence-electron chi connectivity index (χ4n) is 8.72. The Morgan fingerprint density at radius 3 is 1.53 bits per heavy atom.